The molecule has 4 aromatic rings. The number of hydrogen-bond donors (Lipinski definition) is 1. The minimum absolute atomic E-state index is 0.134. The highest BCUT2D eigenvalue weighted by molar-refractivity contribution is 7.10. The second-order valence-electron chi connectivity index (χ2n) is 7.37. The average molecular weight is 419 g/mol. The van der Waals surface area contributed by atoms with Crippen LogP contribution in [0.5, 0.6) is 11.5 Å². The zero-order chi connectivity index (χ0) is 20.3. The SMILES string of the molecule is O=C(Cc1cccs1)N(CCc1c[nH]c2ccccc12)Cc1ccc2c(c1)OCO2. The fraction of sp³-hybridized carbons (Fsp3) is 0.208. The van der Waals surface area contributed by atoms with Crippen LogP contribution in [0.3, 0.4) is 0 Å². The fourth-order valence-corrected chi connectivity index (χ4v) is 4.52. The molecular formula is C24H22N2O3S. The average Bonchev–Trinajstić information content (AvgIpc) is 3.51. The Bertz CT molecular complexity index is 1170. The Balaban J connectivity index is 1.35. The van der Waals surface area contributed by atoms with Crippen LogP contribution in [0.25, 0.3) is 10.9 Å². The molecule has 3 heterocycles. The standard InChI is InChI=1S/C24H22N2O3S/c27-24(13-19-4-3-11-30-19)26(15-17-7-8-22-23(12-17)29-16-28-22)10-9-18-14-25-21-6-2-1-5-20(18)21/h1-8,11-12,14,25H,9-10,13,15-16H2. The minimum Gasteiger partial charge on any atom is -0.454 e. The van der Waals surface area contributed by atoms with Crippen LogP contribution in [0.1, 0.15) is 16.0 Å². The van der Waals surface area contributed by atoms with Gasteiger partial charge in [-0.1, -0.05) is 30.3 Å². The highest BCUT2D eigenvalue weighted by atomic mass is 32.1. The van der Waals surface area contributed by atoms with E-state index in [1.54, 1.807) is 11.3 Å². The van der Waals surface area contributed by atoms with Gasteiger partial charge in [0.1, 0.15) is 0 Å². The molecule has 2 aromatic carbocycles. The number of ether oxygens (including phenoxy) is 2. The molecule has 2 aromatic heterocycles. The molecule has 1 aliphatic rings. The van der Waals surface area contributed by atoms with Gasteiger partial charge in [0.15, 0.2) is 11.5 Å². The van der Waals surface area contributed by atoms with E-state index in [4.69, 9.17) is 9.47 Å². The van der Waals surface area contributed by atoms with Gasteiger partial charge < -0.3 is 19.4 Å². The van der Waals surface area contributed by atoms with Crippen LogP contribution in [0, 0.1) is 0 Å². The summed E-state index contributed by atoms with van der Waals surface area (Å²) in [5.74, 6) is 1.64. The molecule has 6 heteroatoms. The van der Waals surface area contributed by atoms with Crippen LogP contribution in [-0.4, -0.2) is 29.1 Å². The summed E-state index contributed by atoms with van der Waals surface area (Å²) in [5, 5.41) is 3.22. The summed E-state index contributed by atoms with van der Waals surface area (Å²) in [7, 11) is 0. The van der Waals surface area contributed by atoms with Crippen LogP contribution in [0.2, 0.25) is 0 Å². The molecule has 0 radical (unpaired) electrons. The first-order valence-corrected chi connectivity index (χ1v) is 10.9. The zero-order valence-corrected chi connectivity index (χ0v) is 17.3. The molecule has 0 spiro atoms. The van der Waals surface area contributed by atoms with Gasteiger partial charge in [-0.25, -0.2) is 0 Å². The predicted molar refractivity (Wildman–Crippen MR) is 118 cm³/mol. The zero-order valence-electron chi connectivity index (χ0n) is 16.5. The van der Waals surface area contributed by atoms with Gasteiger partial charge in [0, 0.05) is 35.1 Å². The van der Waals surface area contributed by atoms with E-state index in [9.17, 15) is 4.79 Å². The number of nitrogens with one attached hydrogen (secondary N) is 1. The highest BCUT2D eigenvalue weighted by Gasteiger charge is 2.19. The predicted octanol–water partition coefficient (Wildman–Crippen LogP) is 4.77. The Morgan fingerprint density at radius 3 is 2.87 bits per heavy atom. The van der Waals surface area contributed by atoms with Gasteiger partial charge in [-0.3, -0.25) is 4.79 Å². The summed E-state index contributed by atoms with van der Waals surface area (Å²) in [6, 6.07) is 18.2. The number of rotatable bonds is 7. The number of H-pyrrole nitrogens is 1. The first-order valence-electron chi connectivity index (χ1n) is 10.00. The third kappa shape index (κ3) is 3.91. The Morgan fingerprint density at radius 2 is 1.97 bits per heavy atom. The quantitative estimate of drug-likeness (QED) is 0.470. The number of nitrogens with zero attached hydrogens (tertiary/aromatic N) is 1. The third-order valence-electron chi connectivity index (χ3n) is 5.39. The van der Waals surface area contributed by atoms with Gasteiger partial charge >= 0.3 is 0 Å². The van der Waals surface area contributed by atoms with Crippen molar-refractivity contribution < 1.29 is 14.3 Å². The van der Waals surface area contributed by atoms with Crippen LogP contribution >= 0.6 is 11.3 Å². The summed E-state index contributed by atoms with van der Waals surface area (Å²) in [5.41, 5.74) is 3.39. The van der Waals surface area contributed by atoms with Gasteiger partial charge in [-0.2, -0.15) is 0 Å². The van der Waals surface area contributed by atoms with Gasteiger partial charge in [0.25, 0.3) is 0 Å². The number of benzene rings is 2. The van der Waals surface area contributed by atoms with Crippen LogP contribution in [0.15, 0.2) is 66.2 Å². The lowest BCUT2D eigenvalue weighted by Crippen LogP contribution is -2.33. The molecule has 0 atom stereocenters. The van der Waals surface area contributed by atoms with Crippen molar-refractivity contribution in [1.82, 2.24) is 9.88 Å². The van der Waals surface area contributed by atoms with E-state index in [1.807, 2.05) is 58.9 Å². The molecule has 30 heavy (non-hydrogen) atoms. The molecule has 0 unspecified atom stereocenters. The van der Waals surface area contributed by atoms with Crippen LogP contribution in [0.4, 0.5) is 0 Å². The molecular weight excluding hydrogens is 396 g/mol. The molecule has 1 aliphatic heterocycles. The number of fused-ring (bicyclic) bond motifs is 2. The molecule has 0 fully saturated rings. The van der Waals surface area contributed by atoms with E-state index in [-0.39, 0.29) is 12.7 Å². The Kier molecular flexibility index (Phi) is 5.15. The topological polar surface area (TPSA) is 54.6 Å². The lowest BCUT2D eigenvalue weighted by molar-refractivity contribution is -0.131. The van der Waals surface area contributed by atoms with Crippen LogP contribution in [-0.2, 0) is 24.2 Å². The monoisotopic (exact) mass is 418 g/mol. The summed E-state index contributed by atoms with van der Waals surface area (Å²) in [6.45, 7) is 1.45. The summed E-state index contributed by atoms with van der Waals surface area (Å²) in [6.07, 6.45) is 3.27. The lowest BCUT2D eigenvalue weighted by Gasteiger charge is -2.23. The lowest BCUT2D eigenvalue weighted by atomic mass is 10.1. The van der Waals surface area contributed by atoms with E-state index < -0.39 is 0 Å². The van der Waals surface area contributed by atoms with Crippen molar-refractivity contribution in [1.29, 1.82) is 0 Å². The fourth-order valence-electron chi connectivity index (χ4n) is 3.82. The van der Waals surface area contributed by atoms with Gasteiger partial charge in [-0.05, 0) is 47.2 Å². The number of carbonyl (C=O) groups is 1. The highest BCUT2D eigenvalue weighted by Crippen LogP contribution is 2.33. The molecule has 1 N–H and O–H groups in total. The number of carbonyl (C=O) groups excluding carboxylic acids is 1. The molecule has 5 rings (SSSR count). The number of amides is 1. The van der Waals surface area contributed by atoms with Gasteiger partial charge in [0.2, 0.25) is 12.7 Å². The van der Waals surface area contributed by atoms with Gasteiger partial charge in [0.05, 0.1) is 6.42 Å². The minimum atomic E-state index is 0.134. The molecule has 1 amide bonds. The summed E-state index contributed by atoms with van der Waals surface area (Å²) < 4.78 is 10.9. The number of aromatic amines is 1. The Hall–Kier alpha value is -3.25. The van der Waals surface area contributed by atoms with Crippen molar-refractivity contribution in [3.05, 3.63) is 82.2 Å². The second kappa shape index (κ2) is 8.24. The second-order valence-corrected chi connectivity index (χ2v) is 8.40. The number of para-hydroxylation sites is 1. The molecule has 5 nitrogen and oxygen atoms in total. The number of hydrogen-bond acceptors (Lipinski definition) is 4. The van der Waals surface area contributed by atoms with Crippen molar-refractivity contribution in [2.45, 2.75) is 19.4 Å². The maximum absolute atomic E-state index is 13.1. The maximum Gasteiger partial charge on any atom is 0.231 e. The third-order valence-corrected chi connectivity index (χ3v) is 6.27. The normalized spacial score (nSPS) is 12.4. The smallest absolute Gasteiger partial charge is 0.231 e. The van der Waals surface area contributed by atoms with Crippen molar-refractivity contribution in [3.63, 3.8) is 0 Å². The van der Waals surface area contributed by atoms with E-state index in [1.165, 1.54) is 10.9 Å². The van der Waals surface area contributed by atoms with Crippen molar-refractivity contribution in [3.8, 4) is 11.5 Å². The molecule has 0 saturated heterocycles. The Morgan fingerprint density at radius 1 is 1.07 bits per heavy atom. The number of aromatic nitrogens is 1. The maximum atomic E-state index is 13.1. The van der Waals surface area contributed by atoms with E-state index in [0.717, 1.165) is 33.9 Å². The number of thiophene rings is 1. The van der Waals surface area contributed by atoms with E-state index in [2.05, 4.69) is 17.1 Å². The van der Waals surface area contributed by atoms with Crippen LogP contribution < -0.4 is 9.47 Å². The van der Waals surface area contributed by atoms with Gasteiger partial charge in [-0.15, -0.1) is 11.3 Å². The van der Waals surface area contributed by atoms with Crippen molar-refractivity contribution in [2.24, 2.45) is 0 Å². The summed E-state index contributed by atoms with van der Waals surface area (Å²) in [4.78, 5) is 19.5. The van der Waals surface area contributed by atoms with E-state index >= 15 is 0 Å². The largest absolute Gasteiger partial charge is 0.454 e. The molecule has 152 valence electrons. The molecule has 0 saturated carbocycles. The van der Waals surface area contributed by atoms with Crippen molar-refractivity contribution >= 4 is 28.1 Å². The molecule has 0 aliphatic carbocycles. The van der Waals surface area contributed by atoms with Crippen molar-refractivity contribution in [2.75, 3.05) is 13.3 Å². The summed E-state index contributed by atoms with van der Waals surface area (Å²) >= 11 is 1.62. The molecule has 0 bridgehead atoms. The Labute approximate surface area is 178 Å². The van der Waals surface area contributed by atoms with E-state index in [0.29, 0.717) is 19.5 Å². The first-order chi connectivity index (χ1) is 14.8. The first kappa shape index (κ1) is 18.8.